The maximum Gasteiger partial charge on any atom is 0.144 e. The number of fused-ring (bicyclic) bond motifs is 12. The standard InChI is InChI=1S/C40H22N2O2/c1-3-13-26-23(10-1)24-11-2-4-14-27(24)37-36(26)41-22-34(42-37)33-20-9-19-32-31-18-8-17-30(39(31)44-40(32)33)29-16-7-15-28-25-12-5-6-21-35(25)43-38(28)29/h1-22H. The van der Waals surface area contributed by atoms with Crippen LogP contribution in [0.2, 0.25) is 0 Å². The molecule has 4 heteroatoms. The van der Waals surface area contributed by atoms with E-state index in [9.17, 15) is 0 Å². The number of nitrogens with zero attached hydrogens (tertiary/aromatic N) is 2. The normalized spacial score (nSPS) is 12.1. The van der Waals surface area contributed by atoms with Crippen molar-refractivity contribution in [3.05, 3.63) is 134 Å². The van der Waals surface area contributed by atoms with Gasteiger partial charge in [-0.05, 0) is 22.9 Å². The summed E-state index contributed by atoms with van der Waals surface area (Å²) in [5.41, 5.74) is 8.86. The highest BCUT2D eigenvalue weighted by atomic mass is 16.3. The fraction of sp³-hybridized carbons (Fsp3) is 0. The fourth-order valence-electron chi connectivity index (χ4n) is 6.95. The Morgan fingerprint density at radius 3 is 1.52 bits per heavy atom. The van der Waals surface area contributed by atoms with Gasteiger partial charge in [0, 0.05) is 49.0 Å². The van der Waals surface area contributed by atoms with Gasteiger partial charge >= 0.3 is 0 Å². The number of para-hydroxylation sites is 4. The Morgan fingerprint density at radius 1 is 0.364 bits per heavy atom. The maximum atomic E-state index is 6.81. The monoisotopic (exact) mass is 562 g/mol. The molecule has 0 unspecified atom stereocenters. The van der Waals surface area contributed by atoms with Crippen LogP contribution in [0.5, 0.6) is 0 Å². The smallest absolute Gasteiger partial charge is 0.144 e. The van der Waals surface area contributed by atoms with E-state index < -0.39 is 0 Å². The third kappa shape index (κ3) is 3.17. The molecule has 0 saturated carbocycles. The lowest BCUT2D eigenvalue weighted by molar-refractivity contribution is 0.665. The first-order valence-electron chi connectivity index (χ1n) is 14.7. The lowest BCUT2D eigenvalue weighted by Gasteiger charge is -2.10. The second kappa shape index (κ2) is 8.76. The van der Waals surface area contributed by atoms with E-state index in [1.54, 1.807) is 0 Å². The Labute approximate surface area is 250 Å². The third-order valence-electron chi connectivity index (χ3n) is 8.92. The van der Waals surface area contributed by atoms with Gasteiger partial charge in [-0.25, -0.2) is 4.98 Å². The van der Waals surface area contributed by atoms with Crippen LogP contribution in [0.4, 0.5) is 0 Å². The summed E-state index contributed by atoms with van der Waals surface area (Å²) in [5.74, 6) is 0. The Kier molecular flexibility index (Phi) is 4.69. The van der Waals surface area contributed by atoms with Gasteiger partial charge in [0.05, 0.1) is 22.9 Å². The number of aromatic nitrogens is 2. The maximum absolute atomic E-state index is 6.81. The van der Waals surface area contributed by atoms with E-state index in [1.807, 2.05) is 24.4 Å². The summed E-state index contributed by atoms with van der Waals surface area (Å²) >= 11 is 0. The van der Waals surface area contributed by atoms with E-state index in [0.29, 0.717) is 0 Å². The van der Waals surface area contributed by atoms with E-state index in [-0.39, 0.29) is 0 Å². The molecule has 0 aliphatic heterocycles. The van der Waals surface area contributed by atoms with Crippen LogP contribution in [-0.2, 0) is 0 Å². The largest absolute Gasteiger partial charge is 0.455 e. The van der Waals surface area contributed by atoms with Crippen LogP contribution in [0.25, 0.3) is 98.8 Å². The van der Waals surface area contributed by atoms with Gasteiger partial charge in [-0.2, -0.15) is 0 Å². The molecule has 3 heterocycles. The summed E-state index contributed by atoms with van der Waals surface area (Å²) in [7, 11) is 0. The van der Waals surface area contributed by atoms with E-state index in [4.69, 9.17) is 18.8 Å². The second-order valence-corrected chi connectivity index (χ2v) is 11.3. The van der Waals surface area contributed by atoms with E-state index in [0.717, 1.165) is 88.1 Å². The number of hydrogen-bond donors (Lipinski definition) is 0. The van der Waals surface area contributed by atoms with Crippen molar-refractivity contribution in [2.75, 3.05) is 0 Å². The Hall–Kier alpha value is -6.00. The lowest BCUT2D eigenvalue weighted by Crippen LogP contribution is -1.92. The third-order valence-corrected chi connectivity index (χ3v) is 8.92. The molecule has 3 aromatic heterocycles. The average Bonchev–Trinajstić information content (AvgIpc) is 3.67. The molecule has 0 amide bonds. The van der Waals surface area contributed by atoms with Crippen LogP contribution >= 0.6 is 0 Å². The van der Waals surface area contributed by atoms with E-state index >= 15 is 0 Å². The molecule has 204 valence electrons. The zero-order chi connectivity index (χ0) is 28.8. The summed E-state index contributed by atoms with van der Waals surface area (Å²) < 4.78 is 13.2. The van der Waals surface area contributed by atoms with E-state index in [2.05, 4.69) is 109 Å². The number of benzene rings is 7. The lowest BCUT2D eigenvalue weighted by atomic mass is 9.99. The van der Waals surface area contributed by atoms with Gasteiger partial charge in [0.15, 0.2) is 0 Å². The molecule has 0 radical (unpaired) electrons. The summed E-state index contributed by atoms with van der Waals surface area (Å²) in [6.45, 7) is 0. The van der Waals surface area contributed by atoms with Crippen molar-refractivity contribution in [2.45, 2.75) is 0 Å². The van der Waals surface area contributed by atoms with Crippen LogP contribution < -0.4 is 0 Å². The summed E-state index contributed by atoms with van der Waals surface area (Å²) in [5, 5.41) is 8.85. The molecule has 10 rings (SSSR count). The molecule has 10 aromatic rings. The zero-order valence-corrected chi connectivity index (χ0v) is 23.4. The fourth-order valence-corrected chi connectivity index (χ4v) is 6.95. The van der Waals surface area contributed by atoms with Crippen molar-refractivity contribution in [1.29, 1.82) is 0 Å². The molecule has 4 nitrogen and oxygen atoms in total. The Bertz CT molecular complexity index is 2750. The van der Waals surface area contributed by atoms with E-state index in [1.165, 1.54) is 10.8 Å². The molecular weight excluding hydrogens is 540 g/mol. The predicted octanol–water partition coefficient (Wildman–Crippen LogP) is 11.1. The van der Waals surface area contributed by atoms with Crippen LogP contribution in [-0.4, -0.2) is 9.97 Å². The average molecular weight is 563 g/mol. The van der Waals surface area contributed by atoms with Crippen molar-refractivity contribution in [1.82, 2.24) is 9.97 Å². The van der Waals surface area contributed by atoms with Crippen molar-refractivity contribution >= 4 is 76.5 Å². The minimum atomic E-state index is 0.781. The molecule has 0 N–H and O–H groups in total. The first kappa shape index (κ1) is 23.6. The molecule has 0 bridgehead atoms. The number of rotatable bonds is 2. The van der Waals surface area contributed by atoms with Crippen molar-refractivity contribution < 1.29 is 8.83 Å². The second-order valence-electron chi connectivity index (χ2n) is 11.3. The topological polar surface area (TPSA) is 52.1 Å². The summed E-state index contributed by atoms with van der Waals surface area (Å²) in [6.07, 6.45) is 1.88. The Balaban J connectivity index is 1.24. The van der Waals surface area contributed by atoms with Gasteiger partial charge in [-0.1, -0.05) is 115 Å². The quantitative estimate of drug-likeness (QED) is 0.197. The molecule has 0 fully saturated rings. The zero-order valence-electron chi connectivity index (χ0n) is 23.4. The van der Waals surface area contributed by atoms with Gasteiger partial charge in [0.25, 0.3) is 0 Å². The molecule has 0 atom stereocenters. The van der Waals surface area contributed by atoms with Crippen molar-refractivity contribution in [3.8, 4) is 22.4 Å². The van der Waals surface area contributed by atoms with Crippen LogP contribution in [0.3, 0.4) is 0 Å². The molecule has 0 aliphatic rings. The molecular formula is C40H22N2O2. The van der Waals surface area contributed by atoms with Crippen LogP contribution in [0.15, 0.2) is 142 Å². The molecule has 7 aromatic carbocycles. The number of furan rings is 2. The highest BCUT2D eigenvalue weighted by Crippen LogP contribution is 2.43. The highest BCUT2D eigenvalue weighted by Gasteiger charge is 2.20. The first-order valence-corrected chi connectivity index (χ1v) is 14.7. The minimum Gasteiger partial charge on any atom is -0.455 e. The van der Waals surface area contributed by atoms with Crippen LogP contribution in [0.1, 0.15) is 0 Å². The summed E-state index contributed by atoms with van der Waals surface area (Å²) in [6, 6.07) is 43.9. The molecule has 0 spiro atoms. The predicted molar refractivity (Wildman–Crippen MR) is 180 cm³/mol. The summed E-state index contributed by atoms with van der Waals surface area (Å²) in [4.78, 5) is 10.3. The van der Waals surface area contributed by atoms with Crippen molar-refractivity contribution in [3.63, 3.8) is 0 Å². The van der Waals surface area contributed by atoms with Gasteiger partial charge in [-0.15, -0.1) is 0 Å². The molecule has 44 heavy (non-hydrogen) atoms. The number of hydrogen-bond acceptors (Lipinski definition) is 4. The van der Waals surface area contributed by atoms with Gasteiger partial charge < -0.3 is 8.83 Å². The first-order chi connectivity index (χ1) is 21.8. The van der Waals surface area contributed by atoms with Crippen LogP contribution in [0, 0.1) is 0 Å². The SMILES string of the molecule is c1ccc2c(c1)oc1c(-c3cccc4c3oc3c(-c5cnc6c7ccccc7c7ccccc7c6n5)cccc34)cccc12. The molecule has 0 aliphatic carbocycles. The Morgan fingerprint density at radius 2 is 0.841 bits per heavy atom. The highest BCUT2D eigenvalue weighted by molar-refractivity contribution is 6.23. The minimum absolute atomic E-state index is 0.781. The van der Waals surface area contributed by atoms with Gasteiger partial charge in [0.2, 0.25) is 0 Å². The van der Waals surface area contributed by atoms with Crippen molar-refractivity contribution in [2.24, 2.45) is 0 Å². The van der Waals surface area contributed by atoms with Gasteiger partial charge in [-0.3, -0.25) is 4.98 Å². The van der Waals surface area contributed by atoms with Gasteiger partial charge in [0.1, 0.15) is 22.3 Å². The molecule has 0 saturated heterocycles.